The maximum atomic E-state index is 12.3. The summed E-state index contributed by atoms with van der Waals surface area (Å²) in [5.74, 6) is -0.107. The molecule has 0 heterocycles. The number of hydrogen-bond acceptors (Lipinski definition) is 2. The zero-order chi connectivity index (χ0) is 13.0. The second kappa shape index (κ2) is 6.10. The molecule has 0 N–H and O–H groups in total. The summed E-state index contributed by atoms with van der Waals surface area (Å²) in [7, 11) is 0. The molecule has 0 fully saturated rings. The second-order valence-electron chi connectivity index (χ2n) is 3.58. The van der Waals surface area contributed by atoms with Gasteiger partial charge in [0.2, 0.25) is 0 Å². The molecule has 2 nitrogen and oxygen atoms in total. The molecule has 0 aliphatic heterocycles. The smallest absolute Gasteiger partial charge is 0.387 e. The lowest BCUT2D eigenvalue weighted by molar-refractivity contribution is -0.116. The van der Waals surface area contributed by atoms with Crippen LogP contribution in [0.3, 0.4) is 0 Å². The third kappa shape index (κ3) is 3.77. The fourth-order valence-electron chi connectivity index (χ4n) is 1.43. The van der Waals surface area contributed by atoms with Crippen molar-refractivity contribution in [3.8, 4) is 5.75 Å². The first-order valence-corrected chi connectivity index (χ1v) is 6.09. The van der Waals surface area contributed by atoms with Crippen molar-refractivity contribution in [2.75, 3.05) is 0 Å². The molecular formula is C12H13BrF2O2. The monoisotopic (exact) mass is 306 g/mol. The van der Waals surface area contributed by atoms with Crippen molar-refractivity contribution in [2.45, 2.75) is 31.7 Å². The Morgan fingerprint density at radius 3 is 2.59 bits per heavy atom. The van der Waals surface area contributed by atoms with Gasteiger partial charge in [-0.05, 0) is 25.0 Å². The van der Waals surface area contributed by atoms with Crippen LogP contribution in [0.1, 0.15) is 29.8 Å². The molecule has 1 aromatic carbocycles. The number of alkyl halides is 3. The lowest BCUT2D eigenvalue weighted by Gasteiger charge is -2.14. The number of ether oxygens (including phenoxy) is 1. The van der Waals surface area contributed by atoms with Crippen molar-refractivity contribution in [3.63, 3.8) is 0 Å². The highest BCUT2D eigenvalue weighted by molar-refractivity contribution is 9.09. The van der Waals surface area contributed by atoms with Gasteiger partial charge < -0.3 is 4.74 Å². The zero-order valence-electron chi connectivity index (χ0n) is 9.54. The van der Waals surface area contributed by atoms with Crippen LogP contribution in [-0.2, 0) is 11.2 Å². The number of hydrogen-bond donors (Lipinski definition) is 0. The number of carbonyl (C=O) groups is 1. The van der Waals surface area contributed by atoms with E-state index in [1.165, 1.54) is 6.92 Å². The summed E-state index contributed by atoms with van der Waals surface area (Å²) >= 11 is 3.16. The van der Waals surface area contributed by atoms with E-state index >= 15 is 0 Å². The largest absolute Gasteiger partial charge is 0.434 e. The van der Waals surface area contributed by atoms with E-state index in [0.29, 0.717) is 12.0 Å². The molecule has 0 saturated carbocycles. The van der Waals surface area contributed by atoms with Crippen LogP contribution in [-0.4, -0.2) is 12.4 Å². The Bertz CT molecular complexity index is 407. The third-order valence-corrected chi connectivity index (χ3v) is 3.47. The van der Waals surface area contributed by atoms with E-state index in [9.17, 15) is 13.6 Å². The van der Waals surface area contributed by atoms with Crippen molar-refractivity contribution >= 4 is 21.7 Å². The van der Waals surface area contributed by atoms with E-state index < -0.39 is 11.4 Å². The molecule has 0 amide bonds. The van der Waals surface area contributed by atoms with Crippen LogP contribution in [0, 0.1) is 0 Å². The number of carbonyl (C=O) groups excluding carboxylic acids is 1. The minimum Gasteiger partial charge on any atom is -0.434 e. The van der Waals surface area contributed by atoms with Crippen molar-refractivity contribution in [1.82, 2.24) is 0 Å². The fourth-order valence-corrected chi connectivity index (χ4v) is 1.80. The van der Waals surface area contributed by atoms with Crippen LogP contribution in [0.5, 0.6) is 5.75 Å². The van der Waals surface area contributed by atoms with Gasteiger partial charge in [0.15, 0.2) is 0 Å². The van der Waals surface area contributed by atoms with Crippen molar-refractivity contribution in [3.05, 3.63) is 29.3 Å². The number of benzene rings is 1. The maximum absolute atomic E-state index is 12.3. The summed E-state index contributed by atoms with van der Waals surface area (Å²) in [5.41, 5.74) is 1.31. The Morgan fingerprint density at radius 1 is 1.47 bits per heavy atom. The molecule has 0 saturated heterocycles. The summed E-state index contributed by atoms with van der Waals surface area (Å²) in [6.07, 6.45) is 0.715. The Labute approximate surface area is 107 Å². The maximum Gasteiger partial charge on any atom is 0.387 e. The average molecular weight is 307 g/mol. The molecule has 1 aromatic rings. The lowest BCUT2D eigenvalue weighted by atomic mass is 10.0. The van der Waals surface area contributed by atoms with E-state index in [2.05, 4.69) is 20.7 Å². The summed E-state index contributed by atoms with van der Waals surface area (Å²) in [5, 5.41) is 0. The Morgan fingerprint density at radius 2 is 2.12 bits per heavy atom. The van der Waals surface area contributed by atoms with E-state index in [1.807, 2.05) is 6.92 Å². The topological polar surface area (TPSA) is 26.3 Å². The molecule has 0 aliphatic rings. The van der Waals surface area contributed by atoms with Gasteiger partial charge in [0.25, 0.3) is 0 Å². The van der Waals surface area contributed by atoms with Crippen molar-refractivity contribution in [2.24, 2.45) is 0 Å². The third-order valence-electron chi connectivity index (χ3n) is 2.33. The molecule has 94 valence electrons. The van der Waals surface area contributed by atoms with E-state index in [-0.39, 0.29) is 11.5 Å². The molecule has 1 atom stereocenters. The van der Waals surface area contributed by atoms with E-state index in [0.717, 1.165) is 5.56 Å². The van der Waals surface area contributed by atoms with Gasteiger partial charge in [0, 0.05) is 5.56 Å². The van der Waals surface area contributed by atoms with Gasteiger partial charge in [-0.1, -0.05) is 35.0 Å². The molecule has 17 heavy (non-hydrogen) atoms. The van der Waals surface area contributed by atoms with Crippen LogP contribution in [0.25, 0.3) is 0 Å². The molecule has 0 radical (unpaired) electrons. The minimum absolute atomic E-state index is 0.0522. The van der Waals surface area contributed by atoms with Crippen molar-refractivity contribution < 1.29 is 18.3 Å². The fraction of sp³-hybridized carbons (Fsp3) is 0.417. The Hall–Kier alpha value is -0.970. The first-order valence-electron chi connectivity index (χ1n) is 5.17. The molecule has 5 heteroatoms. The highest BCUT2D eigenvalue weighted by Gasteiger charge is 2.19. The molecule has 0 bridgehead atoms. The number of aryl methyl sites for hydroxylation is 1. The van der Waals surface area contributed by atoms with Gasteiger partial charge in [-0.3, -0.25) is 4.79 Å². The predicted octanol–water partition coefficient (Wildman–Crippen LogP) is 3.88. The molecule has 0 aromatic heterocycles. The highest BCUT2D eigenvalue weighted by atomic mass is 79.9. The molecule has 1 unspecified atom stereocenters. The predicted molar refractivity (Wildman–Crippen MR) is 64.8 cm³/mol. The Balaban J connectivity index is 3.14. The van der Waals surface area contributed by atoms with Crippen LogP contribution in [0.2, 0.25) is 0 Å². The lowest BCUT2D eigenvalue weighted by Crippen LogP contribution is -2.08. The first-order chi connectivity index (χ1) is 7.95. The summed E-state index contributed by atoms with van der Waals surface area (Å²) < 4.78 is 29.0. The molecular weight excluding hydrogens is 294 g/mol. The number of rotatable bonds is 5. The van der Waals surface area contributed by atoms with Crippen LogP contribution in [0.4, 0.5) is 8.78 Å². The zero-order valence-corrected chi connectivity index (χ0v) is 11.1. The minimum atomic E-state index is -2.90. The van der Waals surface area contributed by atoms with Crippen LogP contribution < -0.4 is 4.74 Å². The van der Waals surface area contributed by atoms with Gasteiger partial charge in [0.1, 0.15) is 16.4 Å². The van der Waals surface area contributed by atoms with Gasteiger partial charge in [-0.15, -0.1) is 0 Å². The van der Waals surface area contributed by atoms with Crippen LogP contribution in [0.15, 0.2) is 18.2 Å². The second-order valence-corrected chi connectivity index (χ2v) is 4.49. The molecule has 0 spiro atoms. The highest BCUT2D eigenvalue weighted by Crippen LogP contribution is 2.33. The number of ketones is 1. The van der Waals surface area contributed by atoms with Gasteiger partial charge in [-0.2, -0.15) is 8.78 Å². The normalized spacial score (nSPS) is 12.6. The average Bonchev–Trinajstić information content (AvgIpc) is 2.27. The summed E-state index contributed by atoms with van der Waals surface area (Å²) in [6, 6.07) is 4.97. The van der Waals surface area contributed by atoms with Crippen molar-refractivity contribution in [1.29, 1.82) is 0 Å². The number of halogens is 3. The van der Waals surface area contributed by atoms with Gasteiger partial charge in [-0.25, -0.2) is 0 Å². The van der Waals surface area contributed by atoms with Gasteiger partial charge >= 0.3 is 6.61 Å². The molecule has 0 aliphatic carbocycles. The number of Topliss-reactive ketones (excluding diaryl/α,β-unsaturated/α-hetero) is 1. The van der Waals surface area contributed by atoms with E-state index in [4.69, 9.17) is 0 Å². The summed E-state index contributed by atoms with van der Waals surface area (Å²) in [4.78, 5) is 10.6. The molecule has 1 rings (SSSR count). The Kier molecular flexibility index (Phi) is 5.05. The quantitative estimate of drug-likeness (QED) is 0.772. The van der Waals surface area contributed by atoms with Crippen LogP contribution >= 0.6 is 15.9 Å². The SMILES string of the molecule is CCc1ccc(C(Br)C(C)=O)c(OC(F)F)c1. The van der Waals surface area contributed by atoms with E-state index in [1.54, 1.807) is 18.2 Å². The summed E-state index contributed by atoms with van der Waals surface area (Å²) in [6.45, 7) is 0.407. The van der Waals surface area contributed by atoms with Gasteiger partial charge in [0.05, 0.1) is 0 Å². The first kappa shape index (κ1) is 14.1. The standard InChI is InChI=1S/C12H13BrF2O2/c1-3-8-4-5-9(11(13)7(2)16)10(6-8)17-12(14)15/h4-6,11-12H,3H2,1-2H3.